The van der Waals surface area contributed by atoms with Crippen molar-refractivity contribution in [3.8, 4) is 0 Å². The molecule has 0 aliphatic carbocycles. The Morgan fingerprint density at radius 1 is 1.57 bits per heavy atom. The highest BCUT2D eigenvalue weighted by Gasteiger charge is 2.22. The van der Waals surface area contributed by atoms with Crippen molar-refractivity contribution >= 4 is 28.9 Å². The lowest BCUT2D eigenvalue weighted by atomic mass is 10.2. The minimum Gasteiger partial charge on any atom is -0.319 e. The van der Waals surface area contributed by atoms with Crippen molar-refractivity contribution in [2.45, 2.75) is 13.3 Å². The largest absolute Gasteiger partial charge is 0.319 e. The normalized spacial score (nSPS) is 10.4. The lowest BCUT2D eigenvalue weighted by molar-refractivity contribution is -0.385. The molecule has 110 valence electrons. The van der Waals surface area contributed by atoms with Gasteiger partial charge < -0.3 is 5.32 Å². The highest BCUT2D eigenvalue weighted by Crippen LogP contribution is 2.22. The fourth-order valence-electron chi connectivity index (χ4n) is 1.84. The van der Waals surface area contributed by atoms with E-state index in [2.05, 4.69) is 15.4 Å². The maximum Gasteiger partial charge on any atom is 0.300 e. The first-order valence-corrected chi connectivity index (χ1v) is 6.44. The highest BCUT2D eigenvalue weighted by atomic mass is 35.5. The molecule has 0 unspecified atom stereocenters. The van der Waals surface area contributed by atoms with Gasteiger partial charge in [-0.15, -0.1) is 0 Å². The number of nitro groups is 1. The molecule has 0 saturated heterocycles. The van der Waals surface area contributed by atoms with E-state index in [9.17, 15) is 14.9 Å². The molecule has 8 nitrogen and oxygen atoms in total. The van der Waals surface area contributed by atoms with Crippen molar-refractivity contribution in [1.29, 1.82) is 0 Å². The molecule has 0 aliphatic heterocycles. The van der Waals surface area contributed by atoms with Crippen LogP contribution in [0.4, 0.5) is 11.4 Å². The lowest BCUT2D eigenvalue weighted by Gasteiger charge is -2.05. The number of nitrogens with zero attached hydrogens (tertiary/aromatic N) is 4. The van der Waals surface area contributed by atoms with E-state index in [1.807, 2.05) is 6.92 Å². The zero-order valence-corrected chi connectivity index (χ0v) is 12.1. The number of halogens is 1. The van der Waals surface area contributed by atoms with Crippen molar-refractivity contribution in [1.82, 2.24) is 14.8 Å². The first-order chi connectivity index (χ1) is 9.92. The molecule has 0 aromatic carbocycles. The fourth-order valence-corrected chi connectivity index (χ4v) is 2.00. The number of carbonyl (C=O) groups excluding carboxylic acids is 1. The summed E-state index contributed by atoms with van der Waals surface area (Å²) in [4.78, 5) is 26.1. The molecule has 0 saturated carbocycles. The van der Waals surface area contributed by atoms with Crippen LogP contribution in [0.2, 0.25) is 5.15 Å². The Labute approximate surface area is 124 Å². The molecule has 0 radical (unpaired) electrons. The van der Waals surface area contributed by atoms with E-state index in [-0.39, 0.29) is 10.7 Å². The minimum atomic E-state index is -0.678. The summed E-state index contributed by atoms with van der Waals surface area (Å²) in [6.07, 6.45) is 3.21. The number of anilines is 1. The number of nitrogens with one attached hydrogen (secondary N) is 1. The summed E-state index contributed by atoms with van der Waals surface area (Å²) in [6.45, 7) is 1.89. The summed E-state index contributed by atoms with van der Waals surface area (Å²) < 4.78 is 1.56. The van der Waals surface area contributed by atoms with E-state index in [1.54, 1.807) is 17.9 Å². The van der Waals surface area contributed by atoms with Gasteiger partial charge >= 0.3 is 0 Å². The first kappa shape index (κ1) is 14.9. The van der Waals surface area contributed by atoms with Crippen molar-refractivity contribution in [3.63, 3.8) is 0 Å². The Morgan fingerprint density at radius 3 is 2.90 bits per heavy atom. The number of aryl methyl sites for hydroxylation is 2. The Morgan fingerprint density at radius 2 is 2.29 bits per heavy atom. The number of hydrogen-bond donors (Lipinski definition) is 1. The fraction of sp³-hybridized carbons (Fsp3) is 0.250. The van der Waals surface area contributed by atoms with Crippen molar-refractivity contribution < 1.29 is 9.72 Å². The van der Waals surface area contributed by atoms with Gasteiger partial charge in [-0.1, -0.05) is 18.5 Å². The predicted molar refractivity (Wildman–Crippen MR) is 76.4 cm³/mol. The minimum absolute atomic E-state index is 0.00708. The second kappa shape index (κ2) is 5.88. The Bertz CT molecular complexity index is 713. The monoisotopic (exact) mass is 309 g/mol. The molecule has 21 heavy (non-hydrogen) atoms. The molecule has 2 rings (SSSR count). The van der Waals surface area contributed by atoms with Gasteiger partial charge in [-0.05, 0) is 12.5 Å². The van der Waals surface area contributed by atoms with E-state index in [0.29, 0.717) is 17.8 Å². The quantitative estimate of drug-likeness (QED) is 0.529. The van der Waals surface area contributed by atoms with Gasteiger partial charge in [-0.25, -0.2) is 4.98 Å². The smallest absolute Gasteiger partial charge is 0.300 e. The van der Waals surface area contributed by atoms with Crippen LogP contribution in [0.1, 0.15) is 23.0 Å². The molecule has 0 spiro atoms. The molecular weight excluding hydrogens is 298 g/mol. The summed E-state index contributed by atoms with van der Waals surface area (Å²) in [5.74, 6) is -0.631. The number of amides is 1. The van der Waals surface area contributed by atoms with Crippen LogP contribution in [-0.4, -0.2) is 25.6 Å². The topological polar surface area (TPSA) is 103 Å². The number of aromatic nitrogens is 3. The van der Waals surface area contributed by atoms with Crippen molar-refractivity contribution in [2.24, 2.45) is 7.05 Å². The van der Waals surface area contributed by atoms with E-state index < -0.39 is 16.5 Å². The van der Waals surface area contributed by atoms with Gasteiger partial charge in [0.25, 0.3) is 11.6 Å². The van der Waals surface area contributed by atoms with Gasteiger partial charge in [0.05, 0.1) is 16.3 Å². The Kier molecular flexibility index (Phi) is 4.18. The van der Waals surface area contributed by atoms with E-state index in [4.69, 9.17) is 11.6 Å². The summed E-state index contributed by atoms with van der Waals surface area (Å²) >= 11 is 5.70. The van der Waals surface area contributed by atoms with Gasteiger partial charge in [0.2, 0.25) is 0 Å². The Hall–Kier alpha value is -2.48. The van der Waals surface area contributed by atoms with Gasteiger partial charge in [0.15, 0.2) is 0 Å². The van der Waals surface area contributed by atoms with Gasteiger partial charge in [-0.3, -0.25) is 19.6 Å². The molecule has 1 amide bonds. The first-order valence-electron chi connectivity index (χ1n) is 6.06. The van der Waals surface area contributed by atoms with Crippen molar-refractivity contribution in [3.05, 3.63) is 45.0 Å². The molecule has 9 heteroatoms. The zero-order valence-electron chi connectivity index (χ0n) is 11.3. The molecule has 0 aliphatic rings. The molecule has 2 aromatic heterocycles. The van der Waals surface area contributed by atoms with Gasteiger partial charge in [0, 0.05) is 13.2 Å². The maximum absolute atomic E-state index is 12.2. The third kappa shape index (κ3) is 3.16. The predicted octanol–water partition coefficient (Wildman–Crippen LogP) is 2.19. The lowest BCUT2D eigenvalue weighted by Crippen LogP contribution is -2.15. The summed E-state index contributed by atoms with van der Waals surface area (Å²) in [5.41, 5.74) is 0.644. The second-order valence-corrected chi connectivity index (χ2v) is 4.64. The summed E-state index contributed by atoms with van der Waals surface area (Å²) in [6, 6.07) is 1.16. The maximum atomic E-state index is 12.2. The molecule has 0 bridgehead atoms. The van der Waals surface area contributed by atoms with Crippen LogP contribution in [0.15, 0.2) is 18.5 Å². The third-order valence-electron chi connectivity index (χ3n) is 2.78. The molecule has 2 heterocycles. The Balaban J connectivity index is 2.36. The average Bonchev–Trinajstić information content (AvgIpc) is 2.78. The van der Waals surface area contributed by atoms with Crippen LogP contribution in [0.3, 0.4) is 0 Å². The molecule has 1 N–H and O–H groups in total. The van der Waals surface area contributed by atoms with Crippen LogP contribution >= 0.6 is 11.6 Å². The number of carbonyl (C=O) groups is 1. The number of rotatable bonds is 4. The summed E-state index contributed by atoms with van der Waals surface area (Å²) in [7, 11) is 1.72. The third-order valence-corrected chi connectivity index (χ3v) is 2.99. The molecule has 0 atom stereocenters. The van der Waals surface area contributed by atoms with Gasteiger partial charge in [0.1, 0.15) is 16.9 Å². The zero-order chi connectivity index (χ0) is 15.6. The number of pyridine rings is 1. The van der Waals surface area contributed by atoms with Crippen molar-refractivity contribution in [2.75, 3.05) is 5.32 Å². The van der Waals surface area contributed by atoms with E-state index in [1.165, 1.54) is 0 Å². The van der Waals surface area contributed by atoms with Crippen LogP contribution < -0.4 is 5.32 Å². The van der Waals surface area contributed by atoms with E-state index in [0.717, 1.165) is 12.3 Å². The molecular formula is C12H12ClN5O3. The van der Waals surface area contributed by atoms with Gasteiger partial charge in [-0.2, -0.15) is 5.10 Å². The molecule has 0 fully saturated rings. The van der Waals surface area contributed by atoms with Crippen LogP contribution in [0.25, 0.3) is 0 Å². The highest BCUT2D eigenvalue weighted by molar-refractivity contribution is 6.30. The number of hydrogen-bond acceptors (Lipinski definition) is 5. The average molecular weight is 310 g/mol. The van der Waals surface area contributed by atoms with Crippen LogP contribution in [0.5, 0.6) is 0 Å². The van der Waals surface area contributed by atoms with E-state index >= 15 is 0 Å². The second-order valence-electron chi connectivity index (χ2n) is 4.25. The standard InChI is InChI=1S/C12H12ClN5O3/c1-3-8-9(6-17(2)16-8)15-12(19)7-4-11(13)14-5-10(7)18(20)21/h4-6H,3H2,1-2H3,(H,15,19). The summed E-state index contributed by atoms with van der Waals surface area (Å²) in [5, 5.41) is 17.7. The van der Waals surface area contributed by atoms with Crippen LogP contribution in [-0.2, 0) is 13.5 Å². The SMILES string of the molecule is CCc1nn(C)cc1NC(=O)c1cc(Cl)ncc1[N+](=O)[O-]. The molecule has 2 aromatic rings. The van der Waals surface area contributed by atoms with Crippen LogP contribution in [0, 0.1) is 10.1 Å².